The number of nitrogens with one attached hydrogen (secondary N) is 1. The van der Waals surface area contributed by atoms with Crippen molar-refractivity contribution in [2.45, 2.75) is 12.8 Å². The number of fused-ring (bicyclic) bond motifs is 1. The first-order valence-corrected chi connectivity index (χ1v) is 4.56. The summed E-state index contributed by atoms with van der Waals surface area (Å²) in [4.78, 5) is 0. The minimum absolute atomic E-state index is 0.0294. The van der Waals surface area contributed by atoms with Crippen LogP contribution in [0.5, 0.6) is 5.75 Å². The van der Waals surface area contributed by atoms with E-state index in [1.165, 1.54) is 12.1 Å². The van der Waals surface area contributed by atoms with Crippen molar-refractivity contribution in [3.8, 4) is 5.75 Å². The van der Waals surface area contributed by atoms with Gasteiger partial charge in [0.1, 0.15) is 5.75 Å². The van der Waals surface area contributed by atoms with Gasteiger partial charge in [-0.2, -0.15) is 0 Å². The summed E-state index contributed by atoms with van der Waals surface area (Å²) in [6.45, 7) is 1.40. The van der Waals surface area contributed by atoms with Crippen LogP contribution in [-0.2, 0) is 0 Å². The highest BCUT2D eigenvalue weighted by Gasteiger charge is 2.12. The lowest BCUT2D eigenvalue weighted by molar-refractivity contribution is 0.151. The molecule has 1 N–H and O–H groups in total. The van der Waals surface area contributed by atoms with Crippen LogP contribution in [0.4, 0.5) is 14.5 Å². The van der Waals surface area contributed by atoms with Crippen molar-refractivity contribution in [3.63, 3.8) is 0 Å². The molecule has 0 aromatic heterocycles. The zero-order valence-corrected chi connectivity index (χ0v) is 7.59. The summed E-state index contributed by atoms with van der Waals surface area (Å²) >= 11 is 0. The highest BCUT2D eigenvalue weighted by atomic mass is 19.3. The number of alkyl halides is 2. The molecule has 0 bridgehead atoms. The SMILES string of the molecule is FC(F)c1ccc2c(c1)NCCCO2. The highest BCUT2D eigenvalue weighted by Crippen LogP contribution is 2.31. The molecule has 1 aromatic rings. The molecular formula is C10H11F2NO. The van der Waals surface area contributed by atoms with Crippen LogP contribution < -0.4 is 10.1 Å². The third-order valence-corrected chi connectivity index (χ3v) is 2.15. The molecule has 1 aliphatic rings. The molecule has 76 valence electrons. The molecule has 1 aromatic carbocycles. The second kappa shape index (κ2) is 3.82. The first-order chi connectivity index (χ1) is 6.77. The molecule has 0 fully saturated rings. The third-order valence-electron chi connectivity index (χ3n) is 2.15. The predicted molar refractivity (Wildman–Crippen MR) is 50.0 cm³/mol. The molecule has 4 heteroatoms. The molecule has 0 aliphatic carbocycles. The summed E-state index contributed by atoms with van der Waals surface area (Å²) in [5, 5.41) is 3.06. The minimum atomic E-state index is -2.43. The molecule has 2 nitrogen and oxygen atoms in total. The van der Waals surface area contributed by atoms with Crippen LogP contribution in [0.1, 0.15) is 18.4 Å². The Bertz CT molecular complexity index is 328. The molecule has 0 spiro atoms. The van der Waals surface area contributed by atoms with Crippen molar-refractivity contribution < 1.29 is 13.5 Å². The van der Waals surface area contributed by atoms with E-state index >= 15 is 0 Å². The zero-order chi connectivity index (χ0) is 9.97. The largest absolute Gasteiger partial charge is 0.491 e. The first kappa shape index (κ1) is 9.24. The molecule has 1 heterocycles. The van der Waals surface area contributed by atoms with Crippen LogP contribution in [0, 0.1) is 0 Å². The first-order valence-electron chi connectivity index (χ1n) is 4.56. The standard InChI is InChI=1S/C10H11F2NO/c11-10(12)7-2-3-9-8(6-7)13-4-1-5-14-9/h2-3,6,10,13H,1,4-5H2. The van der Waals surface area contributed by atoms with E-state index in [1.807, 2.05) is 0 Å². The van der Waals surface area contributed by atoms with Crippen LogP contribution >= 0.6 is 0 Å². The molecule has 2 rings (SSSR count). The van der Waals surface area contributed by atoms with Gasteiger partial charge >= 0.3 is 0 Å². The number of ether oxygens (including phenoxy) is 1. The van der Waals surface area contributed by atoms with Crippen LogP contribution in [0.15, 0.2) is 18.2 Å². The van der Waals surface area contributed by atoms with Crippen molar-refractivity contribution in [2.24, 2.45) is 0 Å². The summed E-state index contributed by atoms with van der Waals surface area (Å²) in [6.07, 6.45) is -1.54. The smallest absolute Gasteiger partial charge is 0.263 e. The van der Waals surface area contributed by atoms with E-state index in [2.05, 4.69) is 5.32 Å². The summed E-state index contributed by atoms with van der Waals surface area (Å²) in [5.41, 5.74) is 0.696. The molecule has 0 unspecified atom stereocenters. The molecule has 0 amide bonds. The monoisotopic (exact) mass is 199 g/mol. The summed E-state index contributed by atoms with van der Waals surface area (Å²) in [7, 11) is 0. The number of rotatable bonds is 1. The van der Waals surface area contributed by atoms with Gasteiger partial charge in [0.25, 0.3) is 6.43 Å². The Labute approximate surface area is 80.9 Å². The fourth-order valence-electron chi connectivity index (χ4n) is 1.42. The zero-order valence-electron chi connectivity index (χ0n) is 7.59. The number of anilines is 1. The maximum absolute atomic E-state index is 12.4. The van der Waals surface area contributed by atoms with E-state index in [1.54, 1.807) is 6.07 Å². The van der Waals surface area contributed by atoms with Gasteiger partial charge in [0.05, 0.1) is 12.3 Å². The molecular weight excluding hydrogens is 188 g/mol. The lowest BCUT2D eigenvalue weighted by Gasteiger charge is -2.09. The fourth-order valence-corrected chi connectivity index (χ4v) is 1.42. The van der Waals surface area contributed by atoms with Gasteiger partial charge in [-0.1, -0.05) is 0 Å². The van der Waals surface area contributed by atoms with Crippen LogP contribution in [0.2, 0.25) is 0 Å². The second-order valence-electron chi connectivity index (χ2n) is 3.19. The summed E-state index contributed by atoms with van der Waals surface area (Å²) in [6, 6.07) is 4.44. The topological polar surface area (TPSA) is 21.3 Å². The lowest BCUT2D eigenvalue weighted by atomic mass is 10.2. The Morgan fingerprint density at radius 2 is 2.21 bits per heavy atom. The van der Waals surface area contributed by atoms with Crippen LogP contribution in [0.25, 0.3) is 0 Å². The number of benzene rings is 1. The number of hydrogen-bond acceptors (Lipinski definition) is 2. The van der Waals surface area contributed by atoms with E-state index in [-0.39, 0.29) is 5.56 Å². The van der Waals surface area contributed by atoms with Gasteiger partial charge in [-0.15, -0.1) is 0 Å². The average molecular weight is 199 g/mol. The molecule has 1 aliphatic heterocycles. The fraction of sp³-hybridized carbons (Fsp3) is 0.400. The Balaban J connectivity index is 2.32. The molecule has 0 saturated carbocycles. The molecule has 0 atom stereocenters. The molecule has 0 radical (unpaired) electrons. The minimum Gasteiger partial charge on any atom is -0.491 e. The van der Waals surface area contributed by atoms with E-state index in [0.717, 1.165) is 13.0 Å². The quantitative estimate of drug-likeness (QED) is 0.750. The predicted octanol–water partition coefficient (Wildman–Crippen LogP) is 2.82. The molecule has 14 heavy (non-hydrogen) atoms. The maximum atomic E-state index is 12.4. The Hall–Kier alpha value is -1.32. The third kappa shape index (κ3) is 1.78. The summed E-state index contributed by atoms with van der Waals surface area (Å²) < 4.78 is 30.1. The Morgan fingerprint density at radius 3 is 3.00 bits per heavy atom. The number of hydrogen-bond donors (Lipinski definition) is 1. The molecule has 0 saturated heterocycles. The second-order valence-corrected chi connectivity index (χ2v) is 3.19. The van der Waals surface area contributed by atoms with E-state index < -0.39 is 6.43 Å². The van der Waals surface area contributed by atoms with Crippen molar-refractivity contribution in [2.75, 3.05) is 18.5 Å². The van der Waals surface area contributed by atoms with E-state index in [4.69, 9.17) is 4.74 Å². The lowest BCUT2D eigenvalue weighted by Crippen LogP contribution is -2.00. The van der Waals surface area contributed by atoms with E-state index in [9.17, 15) is 8.78 Å². The van der Waals surface area contributed by atoms with Gasteiger partial charge in [0.2, 0.25) is 0 Å². The highest BCUT2D eigenvalue weighted by molar-refractivity contribution is 5.58. The van der Waals surface area contributed by atoms with Gasteiger partial charge in [-0.3, -0.25) is 0 Å². The van der Waals surface area contributed by atoms with Gasteiger partial charge in [-0.25, -0.2) is 8.78 Å². The average Bonchev–Trinajstić information content (AvgIpc) is 2.41. The van der Waals surface area contributed by atoms with Crippen molar-refractivity contribution >= 4 is 5.69 Å². The number of halogens is 2. The van der Waals surface area contributed by atoms with Crippen LogP contribution in [0.3, 0.4) is 0 Å². The van der Waals surface area contributed by atoms with Crippen molar-refractivity contribution in [3.05, 3.63) is 23.8 Å². The summed E-state index contributed by atoms with van der Waals surface area (Å²) in [5.74, 6) is 0.659. The van der Waals surface area contributed by atoms with Crippen LogP contribution in [-0.4, -0.2) is 13.2 Å². The van der Waals surface area contributed by atoms with Gasteiger partial charge < -0.3 is 10.1 Å². The maximum Gasteiger partial charge on any atom is 0.263 e. The van der Waals surface area contributed by atoms with Gasteiger partial charge in [-0.05, 0) is 24.6 Å². The van der Waals surface area contributed by atoms with Gasteiger partial charge in [0, 0.05) is 12.1 Å². The van der Waals surface area contributed by atoms with Crippen molar-refractivity contribution in [1.82, 2.24) is 0 Å². The Morgan fingerprint density at radius 1 is 1.36 bits per heavy atom. The van der Waals surface area contributed by atoms with Crippen molar-refractivity contribution in [1.29, 1.82) is 0 Å². The van der Waals surface area contributed by atoms with Gasteiger partial charge in [0.15, 0.2) is 0 Å². The Kier molecular flexibility index (Phi) is 2.52. The van der Waals surface area contributed by atoms with E-state index in [0.29, 0.717) is 18.0 Å². The normalized spacial score (nSPS) is 15.4.